The largest absolute Gasteiger partial charge is 0.511 e. The Balaban J connectivity index is 1.60. The maximum absolute atomic E-state index is 13.5. The fourth-order valence-electron chi connectivity index (χ4n) is 5.33. The summed E-state index contributed by atoms with van der Waals surface area (Å²) in [5, 5.41) is 20.9. The minimum Gasteiger partial charge on any atom is -0.511 e. The van der Waals surface area contributed by atoms with E-state index in [0.717, 1.165) is 22.9 Å². The number of aliphatic hydroxyl groups excluding tert-OH is 1. The number of phenolic OH excluding ortho intramolecular Hbond substituents is 1. The number of ether oxygens (including phenoxy) is 1. The number of hydrogen-bond donors (Lipinski definition) is 2. The zero-order chi connectivity index (χ0) is 31.7. The number of rotatable bonds is 9. The number of carbonyl (C=O) groups excluding carboxylic acids is 1. The molecule has 236 valence electrons. The highest BCUT2D eigenvalue weighted by molar-refractivity contribution is 8.04. The van der Waals surface area contributed by atoms with E-state index in [0.29, 0.717) is 49.5 Å². The normalized spacial score (nSPS) is 20.9. The lowest BCUT2D eigenvalue weighted by Crippen LogP contribution is -2.48. The molecule has 0 saturated carbocycles. The molecule has 2 aliphatic rings. The molecular weight excluding hydrogens is 588 g/mol. The van der Waals surface area contributed by atoms with E-state index >= 15 is 0 Å². The van der Waals surface area contributed by atoms with Crippen molar-refractivity contribution in [2.75, 3.05) is 33.2 Å². The fourth-order valence-corrected chi connectivity index (χ4v) is 7.70. The third kappa shape index (κ3) is 7.68. The van der Waals surface area contributed by atoms with E-state index in [1.165, 1.54) is 4.31 Å². The molecule has 2 aromatic carbocycles. The number of aromatic hydroxyl groups is 1. The van der Waals surface area contributed by atoms with Crippen LogP contribution in [0, 0.1) is 12.8 Å². The number of aryl methyl sites for hydroxylation is 2. The maximum atomic E-state index is 13.5. The average Bonchev–Trinajstić information content (AvgIpc) is 2.91. The highest BCUT2D eigenvalue weighted by atomic mass is 32.2. The molecule has 2 heterocycles. The van der Waals surface area contributed by atoms with Gasteiger partial charge in [-0.3, -0.25) is 0 Å². The van der Waals surface area contributed by atoms with Gasteiger partial charge in [-0.1, -0.05) is 58.5 Å². The summed E-state index contributed by atoms with van der Waals surface area (Å²) >= 11 is 1.14. The number of aliphatic hydroxyl groups is 1. The Kier molecular flexibility index (Phi) is 9.80. The van der Waals surface area contributed by atoms with Crippen LogP contribution in [-0.2, 0) is 31.7 Å². The van der Waals surface area contributed by atoms with E-state index in [-0.39, 0.29) is 34.5 Å². The Labute approximate surface area is 260 Å². The number of piperazine rings is 1. The summed E-state index contributed by atoms with van der Waals surface area (Å²) in [5.74, 6) is -0.214. The molecule has 4 rings (SSSR count). The van der Waals surface area contributed by atoms with E-state index in [4.69, 9.17) is 8.92 Å². The second kappa shape index (κ2) is 12.7. The first-order valence-electron chi connectivity index (χ1n) is 14.7. The van der Waals surface area contributed by atoms with Crippen LogP contribution in [-0.4, -0.2) is 72.6 Å². The number of hydrogen-bond acceptors (Lipinski definition) is 9. The van der Waals surface area contributed by atoms with Crippen molar-refractivity contribution in [1.82, 2.24) is 9.21 Å². The van der Waals surface area contributed by atoms with Crippen molar-refractivity contribution in [3.8, 4) is 11.5 Å². The molecule has 0 spiro atoms. The summed E-state index contributed by atoms with van der Waals surface area (Å²) in [6, 6.07) is 10.5. The predicted molar refractivity (Wildman–Crippen MR) is 169 cm³/mol. The number of esters is 1. The number of benzene rings is 2. The molecule has 2 aliphatic heterocycles. The quantitative estimate of drug-likeness (QED) is 0.336. The van der Waals surface area contributed by atoms with Gasteiger partial charge in [0.05, 0.1) is 0 Å². The van der Waals surface area contributed by atoms with E-state index in [9.17, 15) is 23.4 Å². The van der Waals surface area contributed by atoms with Gasteiger partial charge in [0.25, 0.3) is 0 Å². The van der Waals surface area contributed by atoms with Gasteiger partial charge in [0.1, 0.15) is 27.8 Å². The number of nitrogens with zero attached hydrogens (tertiary/aromatic N) is 2. The van der Waals surface area contributed by atoms with Gasteiger partial charge in [0.15, 0.2) is 0 Å². The Hall–Kier alpha value is -2.73. The first-order valence-corrected chi connectivity index (χ1v) is 16.8. The van der Waals surface area contributed by atoms with Crippen molar-refractivity contribution < 1.29 is 32.3 Å². The minimum atomic E-state index is -3.99. The van der Waals surface area contributed by atoms with Gasteiger partial charge < -0.3 is 24.0 Å². The molecule has 1 fully saturated rings. The number of phenols is 1. The van der Waals surface area contributed by atoms with Crippen LogP contribution in [0.2, 0.25) is 0 Å². The Morgan fingerprint density at radius 1 is 1.07 bits per heavy atom. The molecule has 11 heteroatoms. The highest BCUT2D eigenvalue weighted by Crippen LogP contribution is 2.46. The molecule has 2 aromatic rings. The van der Waals surface area contributed by atoms with Crippen LogP contribution in [0.1, 0.15) is 64.2 Å². The molecule has 1 atom stereocenters. The van der Waals surface area contributed by atoms with E-state index in [2.05, 4.69) is 4.90 Å². The molecule has 0 bridgehead atoms. The molecule has 1 saturated heterocycles. The third-order valence-corrected chi connectivity index (χ3v) is 10.9. The van der Waals surface area contributed by atoms with Gasteiger partial charge in [-0.05, 0) is 79.1 Å². The minimum absolute atomic E-state index is 0.0175. The topological polar surface area (TPSA) is 117 Å². The Bertz CT molecular complexity index is 1470. The molecule has 1 unspecified atom stereocenters. The summed E-state index contributed by atoms with van der Waals surface area (Å²) in [5.41, 5.74) is 1.09. The second-order valence-electron chi connectivity index (χ2n) is 12.9. The number of likely N-dealkylation sites (N-methyl/N-ethyl adjacent to an activating group) is 1. The SMILES string of the molecule is Cc1cc(SC2=C(O)CC(CCc3ccc(O)cc3)(C(C)C)OC2=O)c(C(C)(C)C)cc1OS(=O)(=O)N1CCN(C)CC1. The maximum Gasteiger partial charge on any atom is 0.385 e. The van der Waals surface area contributed by atoms with Crippen LogP contribution in [0.25, 0.3) is 0 Å². The van der Waals surface area contributed by atoms with E-state index < -0.39 is 27.3 Å². The lowest BCUT2D eigenvalue weighted by Gasteiger charge is -2.40. The van der Waals surface area contributed by atoms with Gasteiger partial charge >= 0.3 is 16.3 Å². The average molecular weight is 633 g/mol. The molecule has 43 heavy (non-hydrogen) atoms. The van der Waals surface area contributed by atoms with Gasteiger partial charge in [0, 0.05) is 37.5 Å². The van der Waals surface area contributed by atoms with Crippen LogP contribution >= 0.6 is 11.8 Å². The van der Waals surface area contributed by atoms with Gasteiger partial charge in [-0.2, -0.15) is 12.7 Å². The van der Waals surface area contributed by atoms with Gasteiger partial charge in [-0.25, -0.2) is 4.79 Å². The van der Waals surface area contributed by atoms with Crippen molar-refractivity contribution in [3.05, 3.63) is 63.8 Å². The third-order valence-electron chi connectivity index (χ3n) is 8.31. The summed E-state index contributed by atoms with van der Waals surface area (Å²) in [4.78, 5) is 16.4. The molecule has 0 aromatic heterocycles. The molecule has 0 radical (unpaired) electrons. The van der Waals surface area contributed by atoms with Crippen molar-refractivity contribution in [2.24, 2.45) is 5.92 Å². The van der Waals surface area contributed by atoms with Crippen LogP contribution in [0.15, 0.2) is 52.0 Å². The summed E-state index contributed by atoms with van der Waals surface area (Å²) in [6.45, 7) is 13.7. The molecule has 2 N–H and O–H groups in total. The van der Waals surface area contributed by atoms with Crippen LogP contribution < -0.4 is 4.18 Å². The van der Waals surface area contributed by atoms with Crippen molar-refractivity contribution in [1.29, 1.82) is 0 Å². The first-order chi connectivity index (χ1) is 20.0. The Morgan fingerprint density at radius 2 is 1.70 bits per heavy atom. The van der Waals surface area contributed by atoms with Gasteiger partial charge in [0.2, 0.25) is 0 Å². The predicted octanol–water partition coefficient (Wildman–Crippen LogP) is 5.71. The van der Waals surface area contributed by atoms with Crippen molar-refractivity contribution in [3.63, 3.8) is 0 Å². The standard InChI is InChI=1S/C32H44N2O7S2/c1-21(2)32(13-12-23-8-10-24(35)11-9-23)20-26(36)29(30(37)40-32)42-28-18-22(3)27(19-25(28)31(4,5)6)41-43(38,39)34-16-14-33(7)15-17-34/h8-11,18-19,21,35-36H,12-17,20H2,1-7H3. The number of thioether (sulfide) groups is 1. The first kappa shape index (κ1) is 33.2. The summed E-state index contributed by atoms with van der Waals surface area (Å²) in [7, 11) is -2.03. The zero-order valence-electron chi connectivity index (χ0n) is 26.1. The van der Waals surface area contributed by atoms with Crippen molar-refractivity contribution >= 4 is 28.0 Å². The highest BCUT2D eigenvalue weighted by Gasteiger charge is 2.44. The van der Waals surface area contributed by atoms with Crippen LogP contribution in [0.3, 0.4) is 0 Å². The van der Waals surface area contributed by atoms with Crippen molar-refractivity contribution in [2.45, 2.75) is 76.7 Å². The van der Waals surface area contributed by atoms with Crippen LogP contribution in [0.4, 0.5) is 0 Å². The molecule has 9 nitrogen and oxygen atoms in total. The molecule has 0 amide bonds. The summed E-state index contributed by atoms with van der Waals surface area (Å²) in [6.07, 6.45) is 1.32. The smallest absolute Gasteiger partial charge is 0.385 e. The Morgan fingerprint density at radius 3 is 2.26 bits per heavy atom. The number of cyclic esters (lactones) is 1. The van der Waals surface area contributed by atoms with E-state index in [1.807, 2.05) is 59.9 Å². The second-order valence-corrected chi connectivity index (χ2v) is 15.5. The lowest BCUT2D eigenvalue weighted by molar-refractivity contribution is -0.164. The lowest BCUT2D eigenvalue weighted by atomic mass is 9.80. The van der Waals surface area contributed by atoms with Gasteiger partial charge in [-0.15, -0.1) is 0 Å². The zero-order valence-corrected chi connectivity index (χ0v) is 27.8. The molecular formula is C32H44N2O7S2. The van der Waals surface area contributed by atoms with E-state index in [1.54, 1.807) is 25.1 Å². The number of carbonyl (C=O) groups is 1. The fraction of sp³-hybridized carbons (Fsp3) is 0.531. The summed E-state index contributed by atoms with van der Waals surface area (Å²) < 4.78 is 39.3. The molecule has 0 aliphatic carbocycles. The van der Waals surface area contributed by atoms with Crippen LogP contribution in [0.5, 0.6) is 11.5 Å². The monoisotopic (exact) mass is 632 g/mol.